The predicted molar refractivity (Wildman–Crippen MR) is 55.7 cm³/mol. The molecule has 12 heavy (non-hydrogen) atoms. The van der Waals surface area contributed by atoms with Crippen LogP contribution in [0, 0.1) is 5.92 Å². The van der Waals surface area contributed by atoms with Gasteiger partial charge in [-0.15, -0.1) is 0 Å². The molecule has 3 N–H and O–H groups in total. The molecule has 0 bridgehead atoms. The van der Waals surface area contributed by atoms with Gasteiger partial charge >= 0.3 is 0 Å². The van der Waals surface area contributed by atoms with Crippen LogP contribution in [0.15, 0.2) is 0 Å². The minimum atomic E-state index is 0. The zero-order chi connectivity index (χ0) is 7.94. The third-order valence-electron chi connectivity index (χ3n) is 2.66. The van der Waals surface area contributed by atoms with Crippen molar-refractivity contribution in [3.05, 3.63) is 0 Å². The molecular weight excluding hydrogens is 146 g/mol. The zero-order valence-electron chi connectivity index (χ0n) is 8.65. The van der Waals surface area contributed by atoms with Gasteiger partial charge in [-0.3, -0.25) is 0 Å². The molecule has 1 aliphatic carbocycles. The summed E-state index contributed by atoms with van der Waals surface area (Å²) >= 11 is 0. The molecule has 0 heterocycles. The van der Waals surface area contributed by atoms with Crippen molar-refractivity contribution in [3.8, 4) is 0 Å². The van der Waals surface area contributed by atoms with Crippen LogP contribution in [0.5, 0.6) is 0 Å². The number of hydrogen-bond acceptors (Lipinski definition) is 1. The highest BCUT2D eigenvalue weighted by atomic mass is 14.2. The van der Waals surface area contributed by atoms with Gasteiger partial charge in [0.1, 0.15) is 0 Å². The Hall–Kier alpha value is -0.0400. The minimum Gasteiger partial charge on any atom is -0.344 e. The van der Waals surface area contributed by atoms with E-state index >= 15 is 0 Å². The third kappa shape index (κ3) is 6.66. The first-order valence-electron chi connectivity index (χ1n) is 5.43. The largest absolute Gasteiger partial charge is 0.344 e. The van der Waals surface area contributed by atoms with Crippen molar-refractivity contribution in [2.24, 2.45) is 5.92 Å². The van der Waals surface area contributed by atoms with Crippen LogP contribution in [-0.4, -0.2) is 0 Å². The second-order valence-electron chi connectivity index (χ2n) is 4.00. The molecular formula is C11H25N. The molecule has 0 aromatic heterocycles. The summed E-state index contributed by atoms with van der Waals surface area (Å²) in [6, 6.07) is 0. The van der Waals surface area contributed by atoms with Crippen molar-refractivity contribution >= 4 is 0 Å². The molecule has 0 unspecified atom stereocenters. The molecule has 1 rings (SSSR count). The number of rotatable bonds is 7. The van der Waals surface area contributed by atoms with Crippen LogP contribution in [0.2, 0.25) is 0 Å². The van der Waals surface area contributed by atoms with Gasteiger partial charge in [-0.2, -0.15) is 0 Å². The first kappa shape index (κ1) is 12.0. The van der Waals surface area contributed by atoms with Crippen molar-refractivity contribution in [1.29, 1.82) is 0 Å². The fraction of sp³-hybridized carbons (Fsp3) is 1.00. The minimum absolute atomic E-state index is 0. The molecule has 0 saturated heterocycles. The van der Waals surface area contributed by atoms with E-state index in [0.717, 1.165) is 5.92 Å². The van der Waals surface area contributed by atoms with Crippen molar-refractivity contribution < 1.29 is 0 Å². The SMILES string of the molecule is CCCCCCCCC1CC1.N. The molecule has 0 radical (unpaired) electrons. The molecule has 1 nitrogen and oxygen atoms in total. The summed E-state index contributed by atoms with van der Waals surface area (Å²) in [6.45, 7) is 2.28. The summed E-state index contributed by atoms with van der Waals surface area (Å²) in [5.41, 5.74) is 0. The Morgan fingerprint density at radius 2 is 1.50 bits per heavy atom. The first-order chi connectivity index (χ1) is 5.43. The molecule has 0 aromatic rings. The molecule has 1 aliphatic rings. The summed E-state index contributed by atoms with van der Waals surface area (Å²) in [5.74, 6) is 1.15. The summed E-state index contributed by atoms with van der Waals surface area (Å²) in [7, 11) is 0. The van der Waals surface area contributed by atoms with Crippen LogP contribution in [0.25, 0.3) is 0 Å². The van der Waals surface area contributed by atoms with E-state index in [9.17, 15) is 0 Å². The van der Waals surface area contributed by atoms with E-state index in [1.807, 2.05) is 0 Å². The molecule has 74 valence electrons. The van der Waals surface area contributed by atoms with Crippen molar-refractivity contribution in [1.82, 2.24) is 6.15 Å². The summed E-state index contributed by atoms with van der Waals surface area (Å²) in [5, 5.41) is 0. The lowest BCUT2D eigenvalue weighted by Gasteiger charge is -1.98. The fourth-order valence-corrected chi connectivity index (χ4v) is 1.62. The molecule has 0 aliphatic heterocycles. The van der Waals surface area contributed by atoms with Gasteiger partial charge in [-0.1, -0.05) is 64.7 Å². The summed E-state index contributed by atoms with van der Waals surface area (Å²) < 4.78 is 0. The highest BCUT2D eigenvalue weighted by Crippen LogP contribution is 2.34. The van der Waals surface area contributed by atoms with Gasteiger partial charge in [0.15, 0.2) is 0 Å². The highest BCUT2D eigenvalue weighted by molar-refractivity contribution is 4.72. The average molecular weight is 171 g/mol. The Labute approximate surface area is 77.5 Å². The third-order valence-corrected chi connectivity index (χ3v) is 2.66. The Kier molecular flexibility index (Phi) is 7.58. The maximum Gasteiger partial charge on any atom is -0.0414 e. The summed E-state index contributed by atoms with van der Waals surface area (Å²) in [4.78, 5) is 0. The molecule has 0 aromatic carbocycles. The molecule has 0 atom stereocenters. The van der Waals surface area contributed by atoms with Gasteiger partial charge in [0.2, 0.25) is 0 Å². The van der Waals surface area contributed by atoms with Crippen molar-refractivity contribution in [2.75, 3.05) is 0 Å². The van der Waals surface area contributed by atoms with Gasteiger partial charge in [0.05, 0.1) is 0 Å². The van der Waals surface area contributed by atoms with Crippen molar-refractivity contribution in [3.63, 3.8) is 0 Å². The van der Waals surface area contributed by atoms with Crippen LogP contribution in [-0.2, 0) is 0 Å². The van der Waals surface area contributed by atoms with Gasteiger partial charge < -0.3 is 6.15 Å². The molecule has 0 spiro atoms. The average Bonchev–Trinajstić information content (AvgIpc) is 2.80. The lowest BCUT2D eigenvalue weighted by Crippen LogP contribution is -1.80. The van der Waals surface area contributed by atoms with Crippen molar-refractivity contribution in [2.45, 2.75) is 64.7 Å². The van der Waals surface area contributed by atoms with E-state index in [4.69, 9.17) is 0 Å². The first-order valence-corrected chi connectivity index (χ1v) is 5.43. The van der Waals surface area contributed by atoms with E-state index in [1.165, 1.54) is 57.8 Å². The van der Waals surface area contributed by atoms with Crippen LogP contribution in [0.1, 0.15) is 64.7 Å². The van der Waals surface area contributed by atoms with Gasteiger partial charge in [0, 0.05) is 0 Å². The maximum absolute atomic E-state index is 2.28. The molecule has 1 heteroatoms. The Morgan fingerprint density at radius 3 is 2.08 bits per heavy atom. The summed E-state index contributed by atoms with van der Waals surface area (Å²) in [6.07, 6.45) is 13.4. The van der Waals surface area contributed by atoms with Crippen LogP contribution >= 0.6 is 0 Å². The number of unbranched alkanes of at least 4 members (excludes halogenated alkanes) is 5. The Bertz CT molecular complexity index is 87.0. The highest BCUT2D eigenvalue weighted by Gasteiger charge is 2.19. The Balaban J connectivity index is 0.00000121. The van der Waals surface area contributed by atoms with Gasteiger partial charge in [-0.25, -0.2) is 0 Å². The molecule has 1 saturated carbocycles. The fourth-order valence-electron chi connectivity index (χ4n) is 1.62. The lowest BCUT2D eigenvalue weighted by molar-refractivity contribution is 0.568. The monoisotopic (exact) mass is 171 g/mol. The van der Waals surface area contributed by atoms with Crippen LogP contribution in [0.4, 0.5) is 0 Å². The second-order valence-corrected chi connectivity index (χ2v) is 4.00. The van der Waals surface area contributed by atoms with E-state index < -0.39 is 0 Å². The van der Waals surface area contributed by atoms with E-state index in [-0.39, 0.29) is 6.15 Å². The smallest absolute Gasteiger partial charge is 0.0414 e. The predicted octanol–water partition coefficient (Wildman–Crippen LogP) is 4.31. The standard InChI is InChI=1S/C11H22.H3N/c1-2-3-4-5-6-7-8-11-9-10-11;/h11H,2-10H2,1H3;1H3. The lowest BCUT2D eigenvalue weighted by atomic mass is 10.1. The Morgan fingerprint density at radius 1 is 0.917 bits per heavy atom. The van der Waals surface area contributed by atoms with Gasteiger partial charge in [0.25, 0.3) is 0 Å². The van der Waals surface area contributed by atoms with Crippen LogP contribution in [0.3, 0.4) is 0 Å². The van der Waals surface area contributed by atoms with E-state index in [1.54, 1.807) is 0 Å². The van der Waals surface area contributed by atoms with E-state index in [2.05, 4.69) is 6.92 Å². The van der Waals surface area contributed by atoms with Crippen LogP contribution < -0.4 is 6.15 Å². The second kappa shape index (κ2) is 7.60. The van der Waals surface area contributed by atoms with Gasteiger partial charge in [-0.05, 0) is 5.92 Å². The van der Waals surface area contributed by atoms with E-state index in [0.29, 0.717) is 0 Å². The zero-order valence-corrected chi connectivity index (χ0v) is 8.65. The maximum atomic E-state index is 2.28. The molecule has 1 fully saturated rings. The number of hydrogen-bond donors (Lipinski definition) is 1. The molecule has 0 amide bonds. The normalized spacial score (nSPS) is 15.8. The quantitative estimate of drug-likeness (QED) is 0.569. The topological polar surface area (TPSA) is 35.0 Å².